The Morgan fingerprint density at radius 2 is 1.49 bits per heavy atom. The monoisotopic (exact) mass is 563 g/mol. The van der Waals surface area contributed by atoms with Crippen molar-refractivity contribution in [3.8, 4) is 11.5 Å². The van der Waals surface area contributed by atoms with Gasteiger partial charge in [0.1, 0.15) is 23.9 Å². The summed E-state index contributed by atoms with van der Waals surface area (Å²) in [5.41, 5.74) is 2.33. The Labute approximate surface area is 234 Å². The number of rotatable bonds is 13. The molecule has 0 atom stereocenters. The molecule has 0 radical (unpaired) electrons. The maximum Gasteiger partial charge on any atom is 0.243 e. The highest BCUT2D eigenvalue weighted by molar-refractivity contribution is 7.89. The summed E-state index contributed by atoms with van der Waals surface area (Å²) in [5, 5.41) is 0. The Kier molecular flexibility index (Phi) is 14.2. The van der Waals surface area contributed by atoms with Crippen molar-refractivity contribution in [3.63, 3.8) is 0 Å². The van der Waals surface area contributed by atoms with Crippen LogP contribution in [-0.4, -0.2) is 89.2 Å². The molecule has 2 aromatic carbocycles. The number of likely N-dealkylation sites (N-methyl/N-ethyl adjacent to an activating group) is 2. The van der Waals surface area contributed by atoms with Crippen LogP contribution < -0.4 is 9.47 Å². The number of carbonyl (C=O) groups excluding carboxylic acids is 2. The van der Waals surface area contributed by atoms with Crippen LogP contribution in [-0.2, 0) is 26.2 Å². The molecule has 0 saturated heterocycles. The van der Waals surface area contributed by atoms with Gasteiger partial charge < -0.3 is 19.3 Å². The average Bonchev–Trinajstić information content (AvgIpc) is 2.84. The van der Waals surface area contributed by atoms with E-state index in [1.54, 1.807) is 44.9 Å². The molecule has 0 fully saturated rings. The normalized spacial score (nSPS) is 11.2. The van der Waals surface area contributed by atoms with E-state index < -0.39 is 10.0 Å². The summed E-state index contributed by atoms with van der Waals surface area (Å²) in [4.78, 5) is 26.8. The minimum atomic E-state index is -3.68. The predicted molar refractivity (Wildman–Crippen MR) is 155 cm³/mol. The van der Waals surface area contributed by atoms with Crippen molar-refractivity contribution in [2.45, 2.75) is 52.0 Å². The van der Waals surface area contributed by atoms with E-state index in [-0.39, 0.29) is 23.1 Å². The second-order valence-corrected chi connectivity index (χ2v) is 11.8. The molecule has 0 aromatic heterocycles. The van der Waals surface area contributed by atoms with Crippen LogP contribution in [0.3, 0.4) is 0 Å². The molecule has 2 rings (SSSR count). The standard InChI is InChI=1S/C15H23NO4S.C14H22N2O2/c1-6-7-13(17)10-16(4)21(18,19)15-11(2)8-14(20-5)9-12(15)3;1-12(17)16(4)11-13-5-7-14(8-6-13)18-10-9-15(2)3/h8-9H,6-7,10H2,1-5H3;5-8H,9-11H2,1-4H3. The number of benzene rings is 2. The lowest BCUT2D eigenvalue weighted by Crippen LogP contribution is -2.33. The molecule has 0 N–H and O–H groups in total. The van der Waals surface area contributed by atoms with Gasteiger partial charge in [0.05, 0.1) is 18.6 Å². The lowest BCUT2D eigenvalue weighted by atomic mass is 10.1. The third-order valence-corrected chi connectivity index (χ3v) is 8.06. The van der Waals surface area contributed by atoms with Gasteiger partial charge in [-0.25, -0.2) is 8.42 Å². The maximum absolute atomic E-state index is 12.6. The van der Waals surface area contributed by atoms with E-state index in [1.165, 1.54) is 14.2 Å². The zero-order valence-corrected chi connectivity index (χ0v) is 25.7. The Morgan fingerprint density at radius 1 is 0.923 bits per heavy atom. The van der Waals surface area contributed by atoms with Crippen LogP contribution >= 0.6 is 0 Å². The molecular weight excluding hydrogens is 518 g/mol. The summed E-state index contributed by atoms with van der Waals surface area (Å²) in [7, 11) is 5.13. The lowest BCUT2D eigenvalue weighted by molar-refractivity contribution is -0.128. The highest BCUT2D eigenvalue weighted by Crippen LogP contribution is 2.27. The van der Waals surface area contributed by atoms with Crippen molar-refractivity contribution in [2.75, 3.05) is 55.0 Å². The molecule has 0 saturated carbocycles. The molecule has 39 heavy (non-hydrogen) atoms. The van der Waals surface area contributed by atoms with Gasteiger partial charge in [-0.3, -0.25) is 9.59 Å². The number of Topliss-reactive ketones (excluding diaryl/α,β-unsaturated/α-hetero) is 1. The lowest BCUT2D eigenvalue weighted by Gasteiger charge is -2.20. The van der Waals surface area contributed by atoms with Gasteiger partial charge in [0, 0.05) is 40.5 Å². The summed E-state index contributed by atoms with van der Waals surface area (Å²) >= 11 is 0. The predicted octanol–water partition coefficient (Wildman–Crippen LogP) is 3.91. The number of carbonyl (C=O) groups is 2. The van der Waals surface area contributed by atoms with Gasteiger partial charge in [-0.2, -0.15) is 4.31 Å². The first-order valence-electron chi connectivity index (χ1n) is 12.9. The molecule has 218 valence electrons. The number of hydrogen-bond donors (Lipinski definition) is 0. The van der Waals surface area contributed by atoms with Crippen LogP contribution in [0.2, 0.25) is 0 Å². The van der Waals surface area contributed by atoms with E-state index in [2.05, 4.69) is 4.90 Å². The van der Waals surface area contributed by atoms with Gasteiger partial charge in [0.2, 0.25) is 15.9 Å². The molecule has 0 bridgehead atoms. The average molecular weight is 564 g/mol. The molecule has 10 heteroatoms. The molecule has 0 heterocycles. The van der Waals surface area contributed by atoms with Gasteiger partial charge in [-0.1, -0.05) is 19.1 Å². The summed E-state index contributed by atoms with van der Waals surface area (Å²) in [6.45, 7) is 9.03. The van der Waals surface area contributed by atoms with Crippen LogP contribution in [0.1, 0.15) is 43.4 Å². The second-order valence-electron chi connectivity index (χ2n) is 9.81. The zero-order valence-electron chi connectivity index (χ0n) is 24.9. The number of hydrogen-bond acceptors (Lipinski definition) is 7. The van der Waals surface area contributed by atoms with Crippen molar-refractivity contribution in [1.29, 1.82) is 0 Å². The third-order valence-electron chi connectivity index (χ3n) is 5.95. The first kappa shape index (κ1) is 34.1. The van der Waals surface area contributed by atoms with Crippen molar-refractivity contribution in [1.82, 2.24) is 14.1 Å². The quantitative estimate of drug-likeness (QED) is 0.365. The van der Waals surface area contributed by atoms with E-state index in [9.17, 15) is 18.0 Å². The first-order valence-corrected chi connectivity index (χ1v) is 14.4. The molecule has 0 aliphatic carbocycles. The Hall–Kier alpha value is -2.95. The Balaban J connectivity index is 0.000000395. The molecular formula is C29H45N3O6S. The molecule has 0 spiro atoms. The summed E-state index contributed by atoms with van der Waals surface area (Å²) in [5.74, 6) is 1.48. The number of nitrogens with zero attached hydrogens (tertiary/aromatic N) is 3. The van der Waals surface area contributed by atoms with E-state index in [0.717, 1.165) is 22.2 Å². The zero-order chi connectivity index (χ0) is 29.8. The minimum Gasteiger partial charge on any atom is -0.497 e. The smallest absolute Gasteiger partial charge is 0.243 e. The van der Waals surface area contributed by atoms with Crippen LogP contribution in [0.4, 0.5) is 0 Å². The van der Waals surface area contributed by atoms with Crippen LogP contribution in [0.5, 0.6) is 11.5 Å². The molecule has 0 aliphatic heterocycles. The highest BCUT2D eigenvalue weighted by atomic mass is 32.2. The number of methoxy groups -OCH3 is 1. The van der Waals surface area contributed by atoms with E-state index in [0.29, 0.717) is 42.9 Å². The molecule has 1 amide bonds. The first-order chi connectivity index (χ1) is 18.2. The Bertz CT molecular complexity index is 1160. The van der Waals surface area contributed by atoms with E-state index >= 15 is 0 Å². The third kappa shape index (κ3) is 11.4. The number of sulfonamides is 1. The van der Waals surface area contributed by atoms with E-state index in [4.69, 9.17) is 9.47 Å². The largest absolute Gasteiger partial charge is 0.497 e. The van der Waals surface area contributed by atoms with Crippen LogP contribution in [0.15, 0.2) is 41.3 Å². The SMILES string of the molecule is CC(=O)N(C)Cc1ccc(OCCN(C)C)cc1.CCCC(=O)CN(C)S(=O)(=O)c1c(C)cc(OC)cc1C. The Morgan fingerprint density at radius 3 is 1.95 bits per heavy atom. The number of aryl methyl sites for hydroxylation is 2. The molecule has 0 unspecified atom stereocenters. The number of amides is 1. The molecule has 0 aliphatic rings. The van der Waals surface area contributed by atoms with Crippen molar-refractivity contribution < 1.29 is 27.5 Å². The minimum absolute atomic E-state index is 0.0707. The van der Waals surface area contributed by atoms with Crippen molar-refractivity contribution in [2.24, 2.45) is 0 Å². The second kappa shape index (κ2) is 16.2. The number of ether oxygens (including phenoxy) is 2. The fourth-order valence-corrected chi connectivity index (χ4v) is 5.26. The highest BCUT2D eigenvalue weighted by Gasteiger charge is 2.26. The topological polar surface area (TPSA) is 96.5 Å². The van der Waals surface area contributed by atoms with Crippen LogP contribution in [0.25, 0.3) is 0 Å². The molecule has 9 nitrogen and oxygen atoms in total. The summed E-state index contributed by atoms with van der Waals surface area (Å²) in [6.07, 6.45) is 1.10. The van der Waals surface area contributed by atoms with Crippen LogP contribution in [0, 0.1) is 13.8 Å². The van der Waals surface area contributed by atoms with Gasteiger partial charge in [-0.05, 0) is 75.3 Å². The fraction of sp³-hybridized carbons (Fsp3) is 0.517. The molecule has 2 aromatic rings. The summed E-state index contributed by atoms with van der Waals surface area (Å²) < 4.78 is 37.2. The van der Waals surface area contributed by atoms with Crippen molar-refractivity contribution >= 4 is 21.7 Å². The van der Waals surface area contributed by atoms with Gasteiger partial charge in [-0.15, -0.1) is 0 Å². The van der Waals surface area contributed by atoms with Gasteiger partial charge in [0.15, 0.2) is 0 Å². The van der Waals surface area contributed by atoms with Crippen molar-refractivity contribution in [3.05, 3.63) is 53.1 Å². The fourth-order valence-electron chi connectivity index (χ4n) is 3.70. The summed E-state index contributed by atoms with van der Waals surface area (Å²) in [6, 6.07) is 11.2. The van der Waals surface area contributed by atoms with Gasteiger partial charge in [0.25, 0.3) is 0 Å². The number of ketones is 1. The van der Waals surface area contributed by atoms with E-state index in [1.807, 2.05) is 45.3 Å². The van der Waals surface area contributed by atoms with Gasteiger partial charge >= 0.3 is 0 Å². The maximum atomic E-state index is 12.6.